The molecule has 1 aliphatic heterocycles. The number of nitrogens with zero attached hydrogens (tertiary/aromatic N) is 1. The van der Waals surface area contributed by atoms with Crippen molar-refractivity contribution in [1.29, 1.82) is 0 Å². The first-order valence-corrected chi connectivity index (χ1v) is 9.60. The maximum absolute atomic E-state index is 11.3. The van der Waals surface area contributed by atoms with Crippen LogP contribution in [0.1, 0.15) is 42.9 Å². The van der Waals surface area contributed by atoms with Gasteiger partial charge in [0, 0.05) is 17.7 Å². The van der Waals surface area contributed by atoms with E-state index in [9.17, 15) is 10.1 Å². The summed E-state index contributed by atoms with van der Waals surface area (Å²) in [4.78, 5) is 10.9. The molecule has 0 amide bonds. The SMILES string of the molecule is CCCOc1ccc2c(c1)C1C=CCC1C(c1ccc(Cl)c([N+](=O)[O-])c1)N2. The predicted octanol–water partition coefficient (Wildman–Crippen LogP) is 5.86. The fourth-order valence-corrected chi connectivity index (χ4v) is 4.26. The summed E-state index contributed by atoms with van der Waals surface area (Å²) >= 11 is 5.99. The lowest BCUT2D eigenvalue weighted by molar-refractivity contribution is -0.384. The molecule has 27 heavy (non-hydrogen) atoms. The third-order valence-electron chi connectivity index (χ3n) is 5.33. The molecule has 0 bridgehead atoms. The van der Waals surface area contributed by atoms with Gasteiger partial charge in [-0.05, 0) is 54.2 Å². The van der Waals surface area contributed by atoms with Crippen molar-refractivity contribution < 1.29 is 9.66 Å². The van der Waals surface area contributed by atoms with Crippen molar-refractivity contribution in [3.8, 4) is 5.75 Å². The van der Waals surface area contributed by atoms with Crippen LogP contribution in [0.2, 0.25) is 5.02 Å². The Morgan fingerprint density at radius 2 is 2.15 bits per heavy atom. The smallest absolute Gasteiger partial charge is 0.288 e. The number of hydrogen-bond donors (Lipinski definition) is 1. The Morgan fingerprint density at radius 1 is 1.30 bits per heavy atom. The molecule has 3 unspecified atom stereocenters. The normalized spacial score (nSPS) is 22.7. The summed E-state index contributed by atoms with van der Waals surface area (Å²) in [7, 11) is 0. The minimum atomic E-state index is -0.426. The molecule has 4 rings (SSSR count). The molecule has 2 aromatic carbocycles. The van der Waals surface area contributed by atoms with E-state index in [-0.39, 0.29) is 22.7 Å². The molecule has 5 nitrogen and oxygen atoms in total. The molecule has 0 radical (unpaired) electrons. The Bertz CT molecular complexity index is 912. The Labute approximate surface area is 163 Å². The Morgan fingerprint density at radius 3 is 2.93 bits per heavy atom. The maximum Gasteiger partial charge on any atom is 0.288 e. The van der Waals surface area contributed by atoms with E-state index in [1.165, 1.54) is 5.56 Å². The largest absolute Gasteiger partial charge is 0.494 e. The lowest BCUT2D eigenvalue weighted by atomic mass is 9.77. The van der Waals surface area contributed by atoms with Crippen molar-refractivity contribution in [2.45, 2.75) is 31.7 Å². The van der Waals surface area contributed by atoms with E-state index >= 15 is 0 Å². The molecule has 3 atom stereocenters. The molecule has 6 heteroatoms. The number of nitro groups is 1. The zero-order valence-corrected chi connectivity index (χ0v) is 15.8. The minimum absolute atomic E-state index is 0.00382. The highest BCUT2D eigenvalue weighted by molar-refractivity contribution is 6.32. The quantitative estimate of drug-likeness (QED) is 0.398. The van der Waals surface area contributed by atoms with Crippen molar-refractivity contribution in [1.82, 2.24) is 0 Å². The zero-order valence-electron chi connectivity index (χ0n) is 15.0. The van der Waals surface area contributed by atoms with Crippen molar-refractivity contribution >= 4 is 23.0 Å². The topological polar surface area (TPSA) is 64.4 Å². The average molecular weight is 385 g/mol. The van der Waals surface area contributed by atoms with Gasteiger partial charge in [0.05, 0.1) is 17.6 Å². The number of nitrogens with one attached hydrogen (secondary N) is 1. The Balaban J connectivity index is 1.70. The van der Waals surface area contributed by atoms with Crippen LogP contribution in [0.4, 0.5) is 11.4 Å². The number of ether oxygens (including phenoxy) is 1. The molecule has 0 aromatic heterocycles. The first kappa shape index (κ1) is 17.9. The number of hydrogen-bond acceptors (Lipinski definition) is 4. The van der Waals surface area contributed by atoms with Crippen molar-refractivity contribution in [2.24, 2.45) is 5.92 Å². The van der Waals surface area contributed by atoms with E-state index in [0.29, 0.717) is 12.5 Å². The minimum Gasteiger partial charge on any atom is -0.494 e. The second kappa shape index (κ2) is 7.24. The van der Waals surface area contributed by atoms with Gasteiger partial charge in [0.2, 0.25) is 0 Å². The fraction of sp³-hybridized carbons (Fsp3) is 0.333. The van der Waals surface area contributed by atoms with Crippen molar-refractivity contribution in [2.75, 3.05) is 11.9 Å². The number of halogens is 1. The van der Waals surface area contributed by atoms with Gasteiger partial charge in [-0.15, -0.1) is 0 Å². The molecule has 1 heterocycles. The van der Waals surface area contributed by atoms with Gasteiger partial charge in [0.15, 0.2) is 0 Å². The van der Waals surface area contributed by atoms with E-state index in [1.54, 1.807) is 12.1 Å². The third kappa shape index (κ3) is 3.28. The van der Waals surface area contributed by atoms with Gasteiger partial charge in [0.1, 0.15) is 10.8 Å². The molecule has 2 aromatic rings. The molecule has 1 aliphatic carbocycles. The molecular weight excluding hydrogens is 364 g/mol. The van der Waals surface area contributed by atoms with Crippen LogP contribution >= 0.6 is 11.6 Å². The molecule has 2 aliphatic rings. The number of rotatable bonds is 5. The lowest BCUT2D eigenvalue weighted by Crippen LogP contribution is -2.29. The molecule has 0 fully saturated rings. The predicted molar refractivity (Wildman–Crippen MR) is 107 cm³/mol. The van der Waals surface area contributed by atoms with Gasteiger partial charge in [-0.2, -0.15) is 0 Å². The van der Waals surface area contributed by atoms with E-state index in [0.717, 1.165) is 29.8 Å². The van der Waals surface area contributed by atoms with Crippen LogP contribution in [0, 0.1) is 16.0 Å². The highest BCUT2D eigenvalue weighted by Gasteiger charge is 2.38. The first-order chi connectivity index (χ1) is 13.1. The van der Waals surface area contributed by atoms with Gasteiger partial charge in [0.25, 0.3) is 5.69 Å². The Hall–Kier alpha value is -2.53. The average Bonchev–Trinajstić information content (AvgIpc) is 3.16. The van der Waals surface area contributed by atoms with Crippen molar-refractivity contribution in [3.05, 3.63) is 74.8 Å². The molecule has 1 N–H and O–H groups in total. The summed E-state index contributed by atoms with van der Waals surface area (Å²) in [6.45, 7) is 2.79. The number of nitro benzene ring substituents is 1. The van der Waals surface area contributed by atoms with Crippen molar-refractivity contribution in [3.63, 3.8) is 0 Å². The monoisotopic (exact) mass is 384 g/mol. The maximum atomic E-state index is 11.3. The van der Waals surface area contributed by atoms with Crippen LogP contribution in [0.3, 0.4) is 0 Å². The van der Waals surface area contributed by atoms with Crippen LogP contribution in [0.25, 0.3) is 0 Å². The summed E-state index contributed by atoms with van der Waals surface area (Å²) in [6, 6.07) is 11.2. The summed E-state index contributed by atoms with van der Waals surface area (Å²) in [6.07, 6.45) is 6.34. The van der Waals surface area contributed by atoms with E-state index in [1.807, 2.05) is 18.2 Å². The van der Waals surface area contributed by atoms with Crippen LogP contribution in [-0.2, 0) is 0 Å². The summed E-state index contributed by atoms with van der Waals surface area (Å²) in [5, 5.41) is 15.0. The highest BCUT2D eigenvalue weighted by Crippen LogP contribution is 2.51. The number of benzene rings is 2. The van der Waals surface area contributed by atoms with Gasteiger partial charge in [-0.25, -0.2) is 0 Å². The van der Waals surface area contributed by atoms with Gasteiger partial charge in [-0.1, -0.05) is 36.7 Å². The van der Waals surface area contributed by atoms with E-state index in [4.69, 9.17) is 16.3 Å². The van der Waals surface area contributed by atoms with E-state index in [2.05, 4.69) is 30.5 Å². The van der Waals surface area contributed by atoms with Crippen LogP contribution < -0.4 is 10.1 Å². The van der Waals surface area contributed by atoms with Gasteiger partial charge in [-0.3, -0.25) is 10.1 Å². The first-order valence-electron chi connectivity index (χ1n) is 9.22. The third-order valence-corrected chi connectivity index (χ3v) is 5.65. The molecule has 0 spiro atoms. The standard InChI is InChI=1S/C21H21ClN2O3/c1-2-10-27-14-7-9-19-17(12-14)15-4-3-5-16(15)21(23-19)13-6-8-18(22)20(11-13)24(25)26/h3-4,6-9,11-12,15-16,21,23H,2,5,10H2,1H3. The summed E-state index contributed by atoms with van der Waals surface area (Å²) in [5.74, 6) is 1.46. The van der Waals surface area contributed by atoms with Crippen LogP contribution in [0.5, 0.6) is 5.75 Å². The lowest BCUT2D eigenvalue weighted by Gasteiger charge is -2.37. The number of allylic oxidation sites excluding steroid dienone is 2. The zero-order chi connectivity index (χ0) is 19.0. The highest BCUT2D eigenvalue weighted by atomic mass is 35.5. The van der Waals surface area contributed by atoms with Gasteiger partial charge >= 0.3 is 0 Å². The Kier molecular flexibility index (Phi) is 4.79. The number of anilines is 1. The van der Waals surface area contributed by atoms with E-state index < -0.39 is 4.92 Å². The second-order valence-electron chi connectivity index (χ2n) is 7.04. The summed E-state index contributed by atoms with van der Waals surface area (Å²) in [5.41, 5.74) is 3.12. The fourth-order valence-electron chi connectivity index (χ4n) is 4.08. The molecular formula is C21H21ClN2O3. The molecule has 0 saturated heterocycles. The second-order valence-corrected chi connectivity index (χ2v) is 7.45. The molecule has 0 saturated carbocycles. The van der Waals surface area contributed by atoms with Crippen LogP contribution in [0.15, 0.2) is 48.6 Å². The van der Waals surface area contributed by atoms with Crippen LogP contribution in [-0.4, -0.2) is 11.5 Å². The molecule has 140 valence electrons. The summed E-state index contributed by atoms with van der Waals surface area (Å²) < 4.78 is 5.79. The van der Waals surface area contributed by atoms with Gasteiger partial charge < -0.3 is 10.1 Å². The number of fused-ring (bicyclic) bond motifs is 3.